The molecule has 0 atom stereocenters. The van der Waals surface area contributed by atoms with Crippen LogP contribution in [0.4, 0.5) is 11.4 Å². The van der Waals surface area contributed by atoms with Gasteiger partial charge in [-0.05, 0) is 56.4 Å². The van der Waals surface area contributed by atoms with E-state index in [9.17, 15) is 0 Å². The Hall–Kier alpha value is -1.69. The smallest absolute Gasteiger partial charge is 0.0621 e. The molecule has 1 aromatic carbocycles. The summed E-state index contributed by atoms with van der Waals surface area (Å²) in [5.74, 6) is 0. The normalized spacial score (nSPS) is 15.0. The fourth-order valence-electron chi connectivity index (χ4n) is 2.50. The quantitative estimate of drug-likeness (QED) is 0.788. The lowest BCUT2D eigenvalue weighted by atomic mass is 10.1. The van der Waals surface area contributed by atoms with E-state index in [-0.39, 0.29) is 0 Å². The minimum atomic E-state index is 0.662. The standard InChI is InChI=1S/C16H23N3/c17-11-3-1-4-12-18-15-7-9-16(10-8-15)19-13-5-2-6-14-19/h7-10,18H,1-6,12-14H2. The van der Waals surface area contributed by atoms with E-state index < -0.39 is 0 Å². The maximum atomic E-state index is 8.46. The topological polar surface area (TPSA) is 39.1 Å². The molecule has 19 heavy (non-hydrogen) atoms. The van der Waals surface area contributed by atoms with E-state index in [2.05, 4.69) is 40.6 Å². The van der Waals surface area contributed by atoms with Gasteiger partial charge in [0, 0.05) is 37.4 Å². The number of anilines is 2. The van der Waals surface area contributed by atoms with Crippen molar-refractivity contribution in [3.05, 3.63) is 24.3 Å². The monoisotopic (exact) mass is 257 g/mol. The Morgan fingerprint density at radius 2 is 1.79 bits per heavy atom. The van der Waals surface area contributed by atoms with E-state index in [1.807, 2.05) is 0 Å². The van der Waals surface area contributed by atoms with Crippen LogP contribution in [0.3, 0.4) is 0 Å². The Balaban J connectivity index is 1.76. The first kappa shape index (κ1) is 13.7. The van der Waals surface area contributed by atoms with E-state index in [0.717, 1.165) is 19.4 Å². The summed E-state index contributed by atoms with van der Waals surface area (Å²) in [4.78, 5) is 2.47. The number of rotatable bonds is 6. The van der Waals surface area contributed by atoms with Crippen LogP contribution in [-0.2, 0) is 0 Å². The second-order valence-corrected chi connectivity index (χ2v) is 5.14. The van der Waals surface area contributed by atoms with Crippen LogP contribution in [-0.4, -0.2) is 19.6 Å². The first-order valence-corrected chi connectivity index (χ1v) is 7.36. The first-order valence-electron chi connectivity index (χ1n) is 7.36. The van der Waals surface area contributed by atoms with Gasteiger partial charge in [0.25, 0.3) is 0 Å². The largest absolute Gasteiger partial charge is 0.385 e. The Bertz CT molecular complexity index is 399. The molecule has 0 unspecified atom stereocenters. The van der Waals surface area contributed by atoms with Gasteiger partial charge in [-0.25, -0.2) is 0 Å². The summed E-state index contributed by atoms with van der Waals surface area (Å²) in [7, 11) is 0. The second-order valence-electron chi connectivity index (χ2n) is 5.14. The van der Waals surface area contributed by atoms with Crippen molar-refractivity contribution in [2.24, 2.45) is 0 Å². The highest BCUT2D eigenvalue weighted by molar-refractivity contribution is 5.55. The summed E-state index contributed by atoms with van der Waals surface area (Å²) in [6.45, 7) is 3.34. The summed E-state index contributed by atoms with van der Waals surface area (Å²) in [5, 5.41) is 11.9. The fraction of sp³-hybridized carbons (Fsp3) is 0.562. The number of hydrogen-bond donors (Lipinski definition) is 1. The molecular formula is C16H23N3. The number of unbranched alkanes of at least 4 members (excludes halogenated alkanes) is 2. The molecule has 0 spiro atoms. The van der Waals surface area contributed by atoms with Crippen LogP contribution in [0.15, 0.2) is 24.3 Å². The minimum Gasteiger partial charge on any atom is -0.385 e. The Kier molecular flexibility index (Phi) is 5.55. The molecule has 1 N–H and O–H groups in total. The van der Waals surface area contributed by atoms with Gasteiger partial charge in [0.15, 0.2) is 0 Å². The van der Waals surface area contributed by atoms with Gasteiger partial charge in [0.05, 0.1) is 6.07 Å². The highest BCUT2D eigenvalue weighted by atomic mass is 15.1. The van der Waals surface area contributed by atoms with Gasteiger partial charge in [-0.3, -0.25) is 0 Å². The van der Waals surface area contributed by atoms with E-state index in [1.54, 1.807) is 0 Å². The molecule has 0 aromatic heterocycles. The van der Waals surface area contributed by atoms with Gasteiger partial charge >= 0.3 is 0 Å². The molecule has 3 nitrogen and oxygen atoms in total. The Morgan fingerprint density at radius 3 is 2.47 bits per heavy atom. The molecule has 3 heteroatoms. The van der Waals surface area contributed by atoms with Crippen LogP contribution in [0.5, 0.6) is 0 Å². The molecule has 1 heterocycles. The molecule has 102 valence electrons. The van der Waals surface area contributed by atoms with Crippen molar-refractivity contribution in [3.63, 3.8) is 0 Å². The zero-order chi connectivity index (χ0) is 13.3. The SMILES string of the molecule is N#CCCCCNc1ccc(N2CCCCC2)cc1. The lowest BCUT2D eigenvalue weighted by Crippen LogP contribution is -2.29. The average molecular weight is 257 g/mol. The molecule has 1 aromatic rings. The number of piperidine rings is 1. The third-order valence-electron chi connectivity index (χ3n) is 3.63. The molecule has 1 aliphatic rings. The number of hydrogen-bond acceptors (Lipinski definition) is 3. The van der Waals surface area contributed by atoms with Crippen molar-refractivity contribution < 1.29 is 0 Å². The molecule has 0 bridgehead atoms. The third-order valence-corrected chi connectivity index (χ3v) is 3.63. The van der Waals surface area contributed by atoms with Gasteiger partial charge < -0.3 is 10.2 Å². The van der Waals surface area contributed by atoms with Gasteiger partial charge in [-0.1, -0.05) is 0 Å². The summed E-state index contributed by atoms with van der Waals surface area (Å²) in [6.07, 6.45) is 6.71. The van der Waals surface area contributed by atoms with Gasteiger partial charge in [-0.2, -0.15) is 5.26 Å². The van der Waals surface area contributed by atoms with Crippen molar-refractivity contribution in [1.82, 2.24) is 0 Å². The van der Waals surface area contributed by atoms with E-state index in [4.69, 9.17) is 5.26 Å². The number of nitrogens with one attached hydrogen (secondary N) is 1. The molecule has 0 aliphatic carbocycles. The van der Waals surface area contributed by atoms with Crippen molar-refractivity contribution in [2.75, 3.05) is 29.9 Å². The molecule has 2 rings (SSSR count). The van der Waals surface area contributed by atoms with Crippen LogP contribution in [0.25, 0.3) is 0 Å². The van der Waals surface area contributed by atoms with Gasteiger partial charge in [-0.15, -0.1) is 0 Å². The van der Waals surface area contributed by atoms with Gasteiger partial charge in [0.1, 0.15) is 0 Å². The summed E-state index contributed by atoms with van der Waals surface area (Å²) in [6, 6.07) is 10.9. The van der Waals surface area contributed by atoms with E-state index in [1.165, 1.54) is 43.7 Å². The molecule has 0 saturated carbocycles. The molecule has 0 amide bonds. The minimum absolute atomic E-state index is 0.662. The first-order chi connectivity index (χ1) is 9.40. The highest BCUT2D eigenvalue weighted by Gasteiger charge is 2.10. The highest BCUT2D eigenvalue weighted by Crippen LogP contribution is 2.21. The number of nitrogens with zero attached hydrogens (tertiary/aromatic N) is 2. The van der Waals surface area contributed by atoms with E-state index >= 15 is 0 Å². The third kappa shape index (κ3) is 4.48. The lowest BCUT2D eigenvalue weighted by Gasteiger charge is -2.28. The maximum absolute atomic E-state index is 8.46. The lowest BCUT2D eigenvalue weighted by molar-refractivity contribution is 0.578. The fourth-order valence-corrected chi connectivity index (χ4v) is 2.50. The summed E-state index contributed by atoms with van der Waals surface area (Å²) >= 11 is 0. The van der Waals surface area contributed by atoms with Crippen molar-refractivity contribution in [2.45, 2.75) is 38.5 Å². The zero-order valence-electron chi connectivity index (χ0n) is 11.6. The predicted molar refractivity (Wildman–Crippen MR) is 80.5 cm³/mol. The predicted octanol–water partition coefficient (Wildman–Crippen LogP) is 3.78. The Labute approximate surface area is 116 Å². The second kappa shape index (κ2) is 7.68. The summed E-state index contributed by atoms with van der Waals surface area (Å²) in [5.41, 5.74) is 2.52. The molecule has 0 radical (unpaired) electrons. The number of benzene rings is 1. The zero-order valence-corrected chi connectivity index (χ0v) is 11.6. The average Bonchev–Trinajstić information content (AvgIpc) is 2.49. The molecule has 1 aliphatic heterocycles. The molecule has 1 fully saturated rings. The molecule has 1 saturated heterocycles. The van der Waals surface area contributed by atoms with Crippen LogP contribution in [0.1, 0.15) is 38.5 Å². The van der Waals surface area contributed by atoms with Crippen LogP contribution >= 0.6 is 0 Å². The van der Waals surface area contributed by atoms with Crippen LogP contribution in [0, 0.1) is 11.3 Å². The van der Waals surface area contributed by atoms with Crippen molar-refractivity contribution >= 4 is 11.4 Å². The molecular weight excluding hydrogens is 234 g/mol. The van der Waals surface area contributed by atoms with Crippen LogP contribution in [0.2, 0.25) is 0 Å². The van der Waals surface area contributed by atoms with Gasteiger partial charge in [0.2, 0.25) is 0 Å². The Morgan fingerprint density at radius 1 is 1.05 bits per heavy atom. The van der Waals surface area contributed by atoms with Crippen molar-refractivity contribution in [3.8, 4) is 6.07 Å². The number of nitriles is 1. The van der Waals surface area contributed by atoms with Crippen LogP contribution < -0.4 is 10.2 Å². The summed E-state index contributed by atoms with van der Waals surface area (Å²) < 4.78 is 0. The van der Waals surface area contributed by atoms with E-state index in [0.29, 0.717) is 6.42 Å². The van der Waals surface area contributed by atoms with Crippen molar-refractivity contribution in [1.29, 1.82) is 5.26 Å². The maximum Gasteiger partial charge on any atom is 0.0621 e.